The van der Waals surface area contributed by atoms with Crippen LogP contribution in [0.4, 0.5) is 0 Å². The van der Waals surface area contributed by atoms with E-state index < -0.39 is 5.91 Å². The molecule has 1 fully saturated rings. The molecule has 0 radical (unpaired) electrons. The Labute approximate surface area is 94.6 Å². The molecule has 4 nitrogen and oxygen atoms in total. The lowest BCUT2D eigenvalue weighted by molar-refractivity contribution is 0.100. The highest BCUT2D eigenvalue weighted by atomic mass is 16.1. The summed E-state index contributed by atoms with van der Waals surface area (Å²) >= 11 is 0. The van der Waals surface area contributed by atoms with Crippen LogP contribution in [0.1, 0.15) is 28.8 Å². The molecule has 0 bridgehead atoms. The monoisotopic (exact) mass is 217 g/mol. The van der Waals surface area contributed by atoms with Crippen LogP contribution in [0.3, 0.4) is 0 Å². The predicted molar refractivity (Wildman–Crippen MR) is 62.6 cm³/mol. The van der Waals surface area contributed by atoms with Crippen molar-refractivity contribution in [2.45, 2.75) is 12.8 Å². The van der Waals surface area contributed by atoms with E-state index in [4.69, 9.17) is 11.1 Å². The van der Waals surface area contributed by atoms with Crippen LogP contribution in [-0.4, -0.2) is 29.7 Å². The van der Waals surface area contributed by atoms with Crippen LogP contribution in [0.15, 0.2) is 24.3 Å². The van der Waals surface area contributed by atoms with E-state index in [0.29, 0.717) is 11.4 Å². The van der Waals surface area contributed by atoms with Crippen molar-refractivity contribution in [2.24, 2.45) is 5.73 Å². The van der Waals surface area contributed by atoms with E-state index in [1.807, 2.05) is 0 Å². The molecule has 1 heterocycles. The molecule has 1 amide bonds. The van der Waals surface area contributed by atoms with Crippen molar-refractivity contribution < 1.29 is 4.79 Å². The Balaban J connectivity index is 2.14. The van der Waals surface area contributed by atoms with E-state index in [0.717, 1.165) is 31.5 Å². The van der Waals surface area contributed by atoms with Gasteiger partial charge in [-0.25, -0.2) is 0 Å². The molecular weight excluding hydrogens is 202 g/mol. The second-order valence-electron chi connectivity index (χ2n) is 3.98. The first-order valence-corrected chi connectivity index (χ1v) is 5.42. The van der Waals surface area contributed by atoms with Gasteiger partial charge in [0.2, 0.25) is 5.91 Å². The number of hydrogen-bond acceptors (Lipinski definition) is 2. The number of nitrogens with one attached hydrogen (secondary N) is 1. The van der Waals surface area contributed by atoms with Gasteiger partial charge in [0.05, 0.1) is 0 Å². The first kappa shape index (κ1) is 10.7. The SMILES string of the molecule is N=C(c1ccc(C(N)=O)cc1)N1CCCC1. The summed E-state index contributed by atoms with van der Waals surface area (Å²) in [6, 6.07) is 6.89. The zero-order valence-corrected chi connectivity index (χ0v) is 9.07. The van der Waals surface area contributed by atoms with Crippen molar-refractivity contribution >= 4 is 11.7 Å². The number of carbonyl (C=O) groups is 1. The molecule has 0 aromatic heterocycles. The Bertz CT molecular complexity index is 405. The average molecular weight is 217 g/mol. The molecule has 0 atom stereocenters. The molecule has 1 aliphatic rings. The highest BCUT2D eigenvalue weighted by Crippen LogP contribution is 2.13. The molecule has 0 aliphatic carbocycles. The highest BCUT2D eigenvalue weighted by Gasteiger charge is 2.16. The third-order valence-corrected chi connectivity index (χ3v) is 2.87. The summed E-state index contributed by atoms with van der Waals surface area (Å²) in [4.78, 5) is 13.0. The minimum atomic E-state index is -0.431. The summed E-state index contributed by atoms with van der Waals surface area (Å²) in [6.07, 6.45) is 2.31. The summed E-state index contributed by atoms with van der Waals surface area (Å²) in [5.74, 6) is 0.104. The van der Waals surface area contributed by atoms with Gasteiger partial charge in [0.1, 0.15) is 5.84 Å². The Morgan fingerprint density at radius 3 is 2.12 bits per heavy atom. The summed E-state index contributed by atoms with van der Waals surface area (Å²) in [5.41, 5.74) is 6.48. The maximum absolute atomic E-state index is 10.9. The minimum absolute atomic E-state index is 0.431. The predicted octanol–water partition coefficient (Wildman–Crippen LogP) is 1.21. The minimum Gasteiger partial charge on any atom is -0.366 e. The van der Waals surface area contributed by atoms with Crippen LogP contribution in [0, 0.1) is 5.41 Å². The Morgan fingerprint density at radius 1 is 1.12 bits per heavy atom. The number of nitrogens with two attached hydrogens (primary N) is 1. The summed E-state index contributed by atoms with van der Waals surface area (Å²) in [5, 5.41) is 8.01. The lowest BCUT2D eigenvalue weighted by Crippen LogP contribution is -2.27. The normalized spacial score (nSPS) is 15.1. The molecule has 2 rings (SSSR count). The fourth-order valence-electron chi connectivity index (χ4n) is 1.92. The number of primary amides is 1. The molecule has 1 aliphatic heterocycles. The summed E-state index contributed by atoms with van der Waals surface area (Å²) in [6.45, 7) is 1.91. The summed E-state index contributed by atoms with van der Waals surface area (Å²) < 4.78 is 0. The van der Waals surface area contributed by atoms with Crippen molar-refractivity contribution in [3.63, 3.8) is 0 Å². The maximum Gasteiger partial charge on any atom is 0.248 e. The van der Waals surface area contributed by atoms with Crippen molar-refractivity contribution in [3.8, 4) is 0 Å². The third kappa shape index (κ3) is 2.05. The van der Waals surface area contributed by atoms with Gasteiger partial charge in [-0.1, -0.05) is 12.1 Å². The van der Waals surface area contributed by atoms with E-state index in [1.165, 1.54) is 0 Å². The van der Waals surface area contributed by atoms with E-state index >= 15 is 0 Å². The van der Waals surface area contributed by atoms with Gasteiger partial charge in [-0.3, -0.25) is 10.2 Å². The van der Waals surface area contributed by atoms with Crippen LogP contribution < -0.4 is 5.73 Å². The number of nitrogens with zero attached hydrogens (tertiary/aromatic N) is 1. The maximum atomic E-state index is 10.9. The number of hydrogen-bond donors (Lipinski definition) is 2. The van der Waals surface area contributed by atoms with Gasteiger partial charge >= 0.3 is 0 Å². The fourth-order valence-corrected chi connectivity index (χ4v) is 1.92. The summed E-state index contributed by atoms with van der Waals surface area (Å²) in [7, 11) is 0. The lowest BCUT2D eigenvalue weighted by Gasteiger charge is -2.18. The van der Waals surface area contributed by atoms with Crippen molar-refractivity contribution in [1.82, 2.24) is 4.90 Å². The van der Waals surface area contributed by atoms with Gasteiger partial charge < -0.3 is 10.6 Å². The quantitative estimate of drug-likeness (QED) is 0.577. The van der Waals surface area contributed by atoms with Crippen LogP contribution in [0.2, 0.25) is 0 Å². The standard InChI is InChI=1S/C12H15N3O/c13-11(15-7-1-2-8-15)9-3-5-10(6-4-9)12(14)16/h3-6,13H,1-2,7-8H2,(H2,14,16). The number of amides is 1. The second-order valence-corrected chi connectivity index (χ2v) is 3.98. The van der Waals surface area contributed by atoms with Crippen molar-refractivity contribution in [2.75, 3.05) is 13.1 Å². The lowest BCUT2D eigenvalue weighted by atomic mass is 10.1. The number of carbonyl (C=O) groups excluding carboxylic acids is 1. The van der Waals surface area contributed by atoms with E-state index in [1.54, 1.807) is 24.3 Å². The smallest absolute Gasteiger partial charge is 0.248 e. The van der Waals surface area contributed by atoms with Crippen molar-refractivity contribution in [1.29, 1.82) is 5.41 Å². The molecule has 3 N–H and O–H groups in total. The zero-order chi connectivity index (χ0) is 11.5. The molecule has 1 aromatic carbocycles. The topological polar surface area (TPSA) is 70.2 Å². The Kier molecular flexibility index (Phi) is 2.90. The Hall–Kier alpha value is -1.84. The number of benzene rings is 1. The van der Waals surface area contributed by atoms with Crippen LogP contribution in [0.5, 0.6) is 0 Å². The van der Waals surface area contributed by atoms with Crippen LogP contribution in [0.25, 0.3) is 0 Å². The van der Waals surface area contributed by atoms with Gasteiger partial charge in [0.15, 0.2) is 0 Å². The number of amidine groups is 1. The van der Waals surface area contributed by atoms with Gasteiger partial charge in [-0.2, -0.15) is 0 Å². The number of rotatable bonds is 2. The second kappa shape index (κ2) is 4.35. The Morgan fingerprint density at radius 2 is 1.62 bits per heavy atom. The average Bonchev–Trinajstić information content (AvgIpc) is 2.81. The molecule has 4 heteroatoms. The fraction of sp³-hybridized carbons (Fsp3) is 0.333. The molecule has 84 valence electrons. The molecular formula is C12H15N3O. The van der Waals surface area contributed by atoms with Gasteiger partial charge in [-0.05, 0) is 25.0 Å². The third-order valence-electron chi connectivity index (χ3n) is 2.87. The van der Waals surface area contributed by atoms with Crippen LogP contribution >= 0.6 is 0 Å². The van der Waals surface area contributed by atoms with Crippen molar-refractivity contribution in [3.05, 3.63) is 35.4 Å². The first-order chi connectivity index (χ1) is 7.68. The molecule has 1 aromatic rings. The molecule has 16 heavy (non-hydrogen) atoms. The zero-order valence-electron chi connectivity index (χ0n) is 9.07. The highest BCUT2D eigenvalue weighted by molar-refractivity contribution is 5.98. The molecule has 0 unspecified atom stereocenters. The van der Waals surface area contributed by atoms with Crippen LogP contribution in [-0.2, 0) is 0 Å². The number of likely N-dealkylation sites (tertiary alicyclic amines) is 1. The van der Waals surface area contributed by atoms with E-state index in [-0.39, 0.29) is 0 Å². The van der Waals surface area contributed by atoms with Gasteiger partial charge in [-0.15, -0.1) is 0 Å². The molecule has 0 saturated carbocycles. The molecule has 1 saturated heterocycles. The van der Waals surface area contributed by atoms with E-state index in [2.05, 4.69) is 4.90 Å². The van der Waals surface area contributed by atoms with Gasteiger partial charge in [0.25, 0.3) is 0 Å². The van der Waals surface area contributed by atoms with Gasteiger partial charge in [0, 0.05) is 24.2 Å². The molecule has 0 spiro atoms. The largest absolute Gasteiger partial charge is 0.366 e. The first-order valence-electron chi connectivity index (χ1n) is 5.42. The van der Waals surface area contributed by atoms with E-state index in [9.17, 15) is 4.79 Å².